The summed E-state index contributed by atoms with van der Waals surface area (Å²) >= 11 is 0. The third-order valence-electron chi connectivity index (χ3n) is 6.16. The van der Waals surface area contributed by atoms with Gasteiger partial charge in [-0.1, -0.05) is 30.3 Å². The van der Waals surface area contributed by atoms with Crippen LogP contribution in [0.1, 0.15) is 28.4 Å². The molecule has 3 amide bonds. The Morgan fingerprint density at radius 3 is 2.55 bits per heavy atom. The van der Waals surface area contributed by atoms with E-state index in [-0.39, 0.29) is 23.6 Å². The lowest BCUT2D eigenvalue weighted by Gasteiger charge is -2.40. The Bertz CT molecular complexity index is 1020. The molecule has 31 heavy (non-hydrogen) atoms. The van der Waals surface area contributed by atoms with Crippen molar-refractivity contribution < 1.29 is 14.4 Å². The third kappa shape index (κ3) is 4.18. The number of hydrogen-bond donors (Lipinski definition) is 2. The van der Waals surface area contributed by atoms with Crippen LogP contribution < -0.4 is 10.6 Å². The van der Waals surface area contributed by atoms with E-state index in [1.54, 1.807) is 19.0 Å². The minimum atomic E-state index is -0.622. The molecule has 0 radical (unpaired) electrons. The van der Waals surface area contributed by atoms with Crippen molar-refractivity contribution in [2.75, 3.05) is 32.5 Å². The lowest BCUT2D eigenvalue weighted by Crippen LogP contribution is -2.61. The Morgan fingerprint density at radius 1 is 1.16 bits per heavy atom. The van der Waals surface area contributed by atoms with Crippen molar-refractivity contribution in [3.63, 3.8) is 0 Å². The fourth-order valence-corrected chi connectivity index (χ4v) is 4.79. The zero-order valence-electron chi connectivity index (χ0n) is 18.1. The highest BCUT2D eigenvalue weighted by Crippen LogP contribution is 2.37. The number of carbonyl (C=O) groups excluding carboxylic acids is 3. The third-order valence-corrected chi connectivity index (χ3v) is 6.16. The van der Waals surface area contributed by atoms with Gasteiger partial charge >= 0.3 is 0 Å². The maximum Gasteiger partial charge on any atom is 0.252 e. The number of carbonyl (C=O) groups is 3. The summed E-state index contributed by atoms with van der Waals surface area (Å²) in [6, 6.07) is 15.3. The topological polar surface area (TPSA) is 81.8 Å². The number of fused-ring (bicyclic) bond motifs is 1. The zero-order valence-corrected chi connectivity index (χ0v) is 18.1. The zero-order chi connectivity index (χ0) is 22.2. The summed E-state index contributed by atoms with van der Waals surface area (Å²) in [5.41, 5.74) is 2.90. The maximum atomic E-state index is 13.1. The largest absolute Gasteiger partial charge is 0.348 e. The predicted octanol–water partition coefficient (Wildman–Crippen LogP) is 1.89. The molecule has 0 aromatic heterocycles. The molecule has 2 aliphatic rings. The van der Waals surface area contributed by atoms with E-state index in [0.717, 1.165) is 16.8 Å². The van der Waals surface area contributed by atoms with Gasteiger partial charge in [-0.2, -0.15) is 0 Å². The van der Waals surface area contributed by atoms with E-state index in [9.17, 15) is 14.4 Å². The fourth-order valence-electron chi connectivity index (χ4n) is 4.79. The number of nitrogens with one attached hydrogen (secondary N) is 2. The van der Waals surface area contributed by atoms with Gasteiger partial charge in [0, 0.05) is 51.9 Å². The highest BCUT2D eigenvalue weighted by Gasteiger charge is 2.53. The summed E-state index contributed by atoms with van der Waals surface area (Å²) in [7, 11) is 3.52. The van der Waals surface area contributed by atoms with E-state index in [4.69, 9.17) is 0 Å². The van der Waals surface area contributed by atoms with Crippen LogP contribution in [-0.4, -0.2) is 60.2 Å². The Morgan fingerprint density at radius 2 is 1.87 bits per heavy atom. The average Bonchev–Trinajstić information content (AvgIpc) is 3.05. The molecule has 162 valence electrons. The maximum absolute atomic E-state index is 13.1. The number of anilines is 1. The van der Waals surface area contributed by atoms with Crippen LogP contribution in [0.25, 0.3) is 0 Å². The highest BCUT2D eigenvalue weighted by molar-refractivity contribution is 5.98. The molecule has 2 heterocycles. The van der Waals surface area contributed by atoms with Gasteiger partial charge in [0.05, 0.1) is 11.5 Å². The summed E-state index contributed by atoms with van der Waals surface area (Å²) < 4.78 is 0. The van der Waals surface area contributed by atoms with Gasteiger partial charge in [0.15, 0.2) is 0 Å². The van der Waals surface area contributed by atoms with Crippen molar-refractivity contribution in [3.05, 3.63) is 65.2 Å². The Labute approximate surface area is 182 Å². The van der Waals surface area contributed by atoms with Gasteiger partial charge in [-0.3, -0.25) is 19.3 Å². The molecule has 2 N–H and O–H groups in total. The second-order valence-electron chi connectivity index (χ2n) is 8.78. The molecule has 2 aromatic carbocycles. The molecule has 2 atom stereocenters. The fraction of sp³-hybridized carbons (Fsp3) is 0.375. The van der Waals surface area contributed by atoms with Gasteiger partial charge in [-0.05, 0) is 35.7 Å². The van der Waals surface area contributed by atoms with E-state index in [2.05, 4.69) is 15.5 Å². The van der Waals surface area contributed by atoms with Crippen molar-refractivity contribution in [3.8, 4) is 0 Å². The molecular weight excluding hydrogens is 392 g/mol. The lowest BCUT2D eigenvalue weighted by atomic mass is 9.77. The van der Waals surface area contributed by atoms with Crippen LogP contribution in [-0.2, 0) is 22.6 Å². The first kappa shape index (κ1) is 21.1. The molecule has 0 unspecified atom stereocenters. The predicted molar refractivity (Wildman–Crippen MR) is 119 cm³/mol. The molecule has 1 spiro atoms. The first-order valence-electron chi connectivity index (χ1n) is 10.5. The van der Waals surface area contributed by atoms with Crippen LogP contribution in [0, 0.1) is 5.92 Å². The van der Waals surface area contributed by atoms with Crippen molar-refractivity contribution in [2.45, 2.75) is 25.4 Å². The normalized spacial score (nSPS) is 22.7. The molecule has 1 saturated heterocycles. The molecule has 0 aliphatic carbocycles. The summed E-state index contributed by atoms with van der Waals surface area (Å²) in [5, 5.41) is 5.98. The average molecular weight is 421 g/mol. The van der Waals surface area contributed by atoms with Gasteiger partial charge in [0.25, 0.3) is 5.91 Å². The number of amides is 3. The Balaban J connectivity index is 1.58. The van der Waals surface area contributed by atoms with E-state index >= 15 is 0 Å². The van der Waals surface area contributed by atoms with E-state index in [1.165, 1.54) is 6.92 Å². The molecule has 1 fully saturated rings. The molecule has 2 aromatic rings. The van der Waals surface area contributed by atoms with Crippen LogP contribution in [0.3, 0.4) is 0 Å². The Hall–Kier alpha value is -3.19. The SMILES string of the molecule is CC(=O)Nc1ccc(CN2C[C@@H](C(=O)N(C)C)[C@@]3(Cc4ccccc4C(=O)N3)C2)cc1. The van der Waals surface area contributed by atoms with Crippen LogP contribution in [0.5, 0.6) is 0 Å². The van der Waals surface area contributed by atoms with Gasteiger partial charge in [0.2, 0.25) is 11.8 Å². The second kappa shape index (κ2) is 8.15. The minimum absolute atomic E-state index is 0.0307. The summed E-state index contributed by atoms with van der Waals surface area (Å²) in [6.45, 7) is 3.32. The molecular formula is C24H28N4O3. The van der Waals surface area contributed by atoms with Crippen LogP contribution in [0.4, 0.5) is 5.69 Å². The van der Waals surface area contributed by atoms with Crippen LogP contribution >= 0.6 is 0 Å². The second-order valence-corrected chi connectivity index (χ2v) is 8.78. The van der Waals surface area contributed by atoms with Gasteiger partial charge in [-0.15, -0.1) is 0 Å². The number of benzene rings is 2. The number of nitrogens with zero attached hydrogens (tertiary/aromatic N) is 2. The van der Waals surface area contributed by atoms with Gasteiger partial charge < -0.3 is 15.5 Å². The summed E-state index contributed by atoms with van der Waals surface area (Å²) in [6.07, 6.45) is 0.636. The van der Waals surface area contributed by atoms with Gasteiger partial charge in [-0.25, -0.2) is 0 Å². The van der Waals surface area contributed by atoms with Crippen LogP contribution in [0.2, 0.25) is 0 Å². The molecule has 2 aliphatic heterocycles. The highest BCUT2D eigenvalue weighted by atomic mass is 16.2. The standard InChI is InChI=1S/C24H28N4O3/c1-16(29)25-19-10-8-17(9-11-19)13-28-14-21(23(31)27(2)3)24(15-28)12-18-6-4-5-7-20(18)22(30)26-24/h4-11,21H,12-15H2,1-3H3,(H,25,29)(H,26,30)/t21-,24+/m0/s1. The number of likely N-dealkylation sites (tertiary alicyclic amines) is 1. The first-order valence-corrected chi connectivity index (χ1v) is 10.5. The lowest BCUT2D eigenvalue weighted by molar-refractivity contribution is -0.134. The van der Waals surface area contributed by atoms with Gasteiger partial charge in [0.1, 0.15) is 0 Å². The quantitative estimate of drug-likeness (QED) is 0.792. The molecule has 7 nitrogen and oxygen atoms in total. The van der Waals surface area contributed by atoms with E-state index in [1.807, 2.05) is 48.5 Å². The van der Waals surface area contributed by atoms with Crippen molar-refractivity contribution in [1.82, 2.24) is 15.1 Å². The Kier molecular flexibility index (Phi) is 5.54. The minimum Gasteiger partial charge on any atom is -0.348 e. The summed E-state index contributed by atoms with van der Waals surface area (Å²) in [4.78, 5) is 41.0. The van der Waals surface area contributed by atoms with Crippen molar-refractivity contribution >= 4 is 23.4 Å². The van der Waals surface area contributed by atoms with Crippen molar-refractivity contribution in [1.29, 1.82) is 0 Å². The molecule has 0 bridgehead atoms. The van der Waals surface area contributed by atoms with E-state index in [0.29, 0.717) is 31.6 Å². The van der Waals surface area contributed by atoms with E-state index < -0.39 is 5.54 Å². The first-order chi connectivity index (χ1) is 14.8. The molecule has 7 heteroatoms. The number of hydrogen-bond acceptors (Lipinski definition) is 4. The van der Waals surface area contributed by atoms with Crippen LogP contribution in [0.15, 0.2) is 48.5 Å². The van der Waals surface area contributed by atoms with Crippen molar-refractivity contribution in [2.24, 2.45) is 5.92 Å². The molecule has 4 rings (SSSR count). The number of rotatable bonds is 4. The monoisotopic (exact) mass is 420 g/mol. The smallest absolute Gasteiger partial charge is 0.252 e. The molecule has 0 saturated carbocycles. The summed E-state index contributed by atoms with van der Waals surface area (Å²) in [5.74, 6) is -0.505.